The number of aliphatic hydroxyl groups is 2. The molecule has 2 nitrogen and oxygen atoms in total. The van der Waals surface area contributed by atoms with E-state index in [0.717, 1.165) is 25.7 Å². The number of thiophene rings is 2. The molecular weight excluding hydrogens is 408 g/mol. The zero-order chi connectivity index (χ0) is 22.0. The zero-order valence-corrected chi connectivity index (χ0v) is 20.9. The fourth-order valence-corrected chi connectivity index (χ4v) is 5.28. The monoisotopic (exact) mass is 448 g/mol. The molecule has 0 saturated heterocycles. The van der Waals surface area contributed by atoms with Gasteiger partial charge in [0.15, 0.2) is 0 Å². The SMILES string of the molecule is CC(C)(CO)CCCCc1ccc(C=Cc2ccc(CCCCC(C)(C)CO)s2)s1. The summed E-state index contributed by atoms with van der Waals surface area (Å²) in [5.41, 5.74) is 0.109. The molecule has 0 unspecified atom stereocenters. The second-order valence-corrected chi connectivity index (χ2v) is 12.4. The third-order valence-electron chi connectivity index (χ3n) is 5.69. The lowest BCUT2D eigenvalue weighted by atomic mass is 9.88. The summed E-state index contributed by atoms with van der Waals surface area (Å²) in [4.78, 5) is 5.55. The minimum atomic E-state index is 0.0545. The van der Waals surface area contributed by atoms with Crippen LogP contribution in [-0.2, 0) is 12.8 Å². The maximum atomic E-state index is 9.35. The molecule has 0 bridgehead atoms. The summed E-state index contributed by atoms with van der Waals surface area (Å²) < 4.78 is 0. The van der Waals surface area contributed by atoms with Gasteiger partial charge in [-0.3, -0.25) is 0 Å². The number of aliphatic hydroxyl groups excluding tert-OH is 2. The Labute approximate surface area is 191 Å². The molecule has 0 fully saturated rings. The van der Waals surface area contributed by atoms with E-state index in [1.807, 2.05) is 22.7 Å². The van der Waals surface area contributed by atoms with Gasteiger partial charge in [-0.15, -0.1) is 22.7 Å². The van der Waals surface area contributed by atoms with Crippen LogP contribution in [0.15, 0.2) is 24.3 Å². The number of rotatable bonds is 14. The molecule has 168 valence electrons. The van der Waals surface area contributed by atoms with E-state index in [4.69, 9.17) is 0 Å². The van der Waals surface area contributed by atoms with E-state index in [9.17, 15) is 10.2 Å². The predicted octanol–water partition coefficient (Wildman–Crippen LogP) is 7.44. The predicted molar refractivity (Wildman–Crippen MR) is 134 cm³/mol. The Hall–Kier alpha value is -0.940. The van der Waals surface area contributed by atoms with Gasteiger partial charge in [0.25, 0.3) is 0 Å². The van der Waals surface area contributed by atoms with E-state index in [1.54, 1.807) is 0 Å². The lowest BCUT2D eigenvalue weighted by molar-refractivity contribution is 0.147. The Kier molecular flexibility index (Phi) is 10.3. The van der Waals surface area contributed by atoms with Crippen molar-refractivity contribution < 1.29 is 10.2 Å². The standard InChI is InChI=1S/C26H40O2S2/c1-25(2,19-27)17-7-5-9-21-11-13-23(29-21)15-16-24-14-12-22(30-24)10-6-8-18-26(3,4)20-28/h11-16,27-28H,5-10,17-20H2,1-4H3. The van der Waals surface area contributed by atoms with E-state index in [-0.39, 0.29) is 24.0 Å². The normalized spacial score (nSPS) is 12.9. The molecule has 4 heteroatoms. The van der Waals surface area contributed by atoms with Crippen molar-refractivity contribution in [3.63, 3.8) is 0 Å². The zero-order valence-electron chi connectivity index (χ0n) is 19.2. The van der Waals surface area contributed by atoms with E-state index >= 15 is 0 Å². The van der Waals surface area contributed by atoms with Crippen molar-refractivity contribution in [3.8, 4) is 0 Å². The summed E-state index contributed by atoms with van der Waals surface area (Å²) in [6.45, 7) is 9.08. The summed E-state index contributed by atoms with van der Waals surface area (Å²) in [6, 6.07) is 8.97. The van der Waals surface area contributed by atoms with E-state index in [0.29, 0.717) is 0 Å². The third-order valence-corrected chi connectivity index (χ3v) is 7.91. The molecule has 2 rings (SSSR count). The first-order valence-corrected chi connectivity index (χ1v) is 12.9. The highest BCUT2D eigenvalue weighted by atomic mass is 32.1. The molecule has 0 atom stereocenters. The molecule has 0 aliphatic heterocycles. The summed E-state index contributed by atoms with van der Waals surface area (Å²) in [6.07, 6.45) is 13.6. The number of unbranched alkanes of at least 4 members (excludes halogenated alkanes) is 2. The topological polar surface area (TPSA) is 40.5 Å². The van der Waals surface area contributed by atoms with Crippen molar-refractivity contribution in [2.24, 2.45) is 10.8 Å². The van der Waals surface area contributed by atoms with Gasteiger partial charge in [-0.05, 0) is 85.8 Å². The van der Waals surface area contributed by atoms with Gasteiger partial charge in [-0.1, -0.05) is 40.5 Å². The van der Waals surface area contributed by atoms with Gasteiger partial charge in [0, 0.05) is 32.7 Å². The first kappa shape index (κ1) is 25.3. The highest BCUT2D eigenvalue weighted by molar-refractivity contribution is 7.13. The fourth-order valence-electron chi connectivity index (χ4n) is 3.36. The molecule has 0 amide bonds. The number of hydrogen-bond acceptors (Lipinski definition) is 4. The van der Waals surface area contributed by atoms with E-state index in [2.05, 4.69) is 64.1 Å². The molecule has 2 aromatic rings. The molecule has 0 spiro atoms. The molecule has 0 aliphatic rings. The summed E-state index contributed by atoms with van der Waals surface area (Å²) >= 11 is 3.78. The molecule has 30 heavy (non-hydrogen) atoms. The second kappa shape index (κ2) is 12.2. The van der Waals surface area contributed by atoms with Crippen molar-refractivity contribution in [3.05, 3.63) is 43.8 Å². The average molecular weight is 449 g/mol. The van der Waals surface area contributed by atoms with Crippen LogP contribution in [0.3, 0.4) is 0 Å². The van der Waals surface area contributed by atoms with E-state index < -0.39 is 0 Å². The first-order chi connectivity index (χ1) is 14.2. The van der Waals surface area contributed by atoms with Crippen LogP contribution < -0.4 is 0 Å². The summed E-state index contributed by atoms with van der Waals surface area (Å²) in [5.74, 6) is 0. The Balaban J connectivity index is 1.72. The molecule has 0 radical (unpaired) electrons. The molecule has 0 aromatic carbocycles. The van der Waals surface area contributed by atoms with Gasteiger partial charge in [-0.2, -0.15) is 0 Å². The lowest BCUT2D eigenvalue weighted by Gasteiger charge is -2.20. The molecule has 0 aliphatic carbocycles. The van der Waals surface area contributed by atoms with Crippen molar-refractivity contribution >= 4 is 34.8 Å². The van der Waals surface area contributed by atoms with Crippen molar-refractivity contribution in [1.29, 1.82) is 0 Å². The van der Waals surface area contributed by atoms with Crippen LogP contribution in [0.4, 0.5) is 0 Å². The summed E-state index contributed by atoms with van der Waals surface area (Å²) in [5, 5.41) is 18.7. The Morgan fingerprint density at radius 2 is 1.07 bits per heavy atom. The minimum Gasteiger partial charge on any atom is -0.396 e. The van der Waals surface area contributed by atoms with Gasteiger partial charge in [-0.25, -0.2) is 0 Å². The van der Waals surface area contributed by atoms with Gasteiger partial charge in [0.05, 0.1) is 0 Å². The largest absolute Gasteiger partial charge is 0.396 e. The van der Waals surface area contributed by atoms with Crippen LogP contribution in [0, 0.1) is 10.8 Å². The number of hydrogen-bond donors (Lipinski definition) is 2. The molecule has 2 N–H and O–H groups in total. The van der Waals surface area contributed by atoms with Crippen molar-refractivity contribution in [2.75, 3.05) is 13.2 Å². The van der Waals surface area contributed by atoms with Gasteiger partial charge in [0.1, 0.15) is 0 Å². The lowest BCUT2D eigenvalue weighted by Crippen LogP contribution is -2.16. The van der Waals surface area contributed by atoms with Gasteiger partial charge < -0.3 is 10.2 Å². The third kappa shape index (κ3) is 9.47. The highest BCUT2D eigenvalue weighted by Crippen LogP contribution is 2.27. The molecular formula is C26H40O2S2. The van der Waals surface area contributed by atoms with Crippen molar-refractivity contribution in [1.82, 2.24) is 0 Å². The van der Waals surface area contributed by atoms with Crippen LogP contribution in [0.25, 0.3) is 12.2 Å². The average Bonchev–Trinajstić information content (AvgIpc) is 3.36. The second-order valence-electron chi connectivity index (χ2n) is 10.0. The quantitative estimate of drug-likeness (QED) is 0.295. The molecule has 0 saturated carbocycles. The molecule has 2 aromatic heterocycles. The number of aryl methyl sites for hydroxylation is 2. The smallest absolute Gasteiger partial charge is 0.0482 e. The van der Waals surface area contributed by atoms with Crippen LogP contribution in [0.1, 0.15) is 85.7 Å². The van der Waals surface area contributed by atoms with Crippen LogP contribution in [-0.4, -0.2) is 23.4 Å². The maximum Gasteiger partial charge on any atom is 0.0482 e. The Bertz CT molecular complexity index is 703. The van der Waals surface area contributed by atoms with Crippen LogP contribution in [0.5, 0.6) is 0 Å². The first-order valence-electron chi connectivity index (χ1n) is 11.3. The Morgan fingerprint density at radius 1 is 0.667 bits per heavy atom. The summed E-state index contributed by atoms with van der Waals surface area (Å²) in [7, 11) is 0. The minimum absolute atomic E-state index is 0.0545. The van der Waals surface area contributed by atoms with E-state index in [1.165, 1.54) is 45.2 Å². The fraction of sp³-hybridized carbons (Fsp3) is 0.615. The van der Waals surface area contributed by atoms with Gasteiger partial charge in [0.2, 0.25) is 0 Å². The van der Waals surface area contributed by atoms with Crippen molar-refractivity contribution in [2.45, 2.75) is 79.1 Å². The maximum absolute atomic E-state index is 9.35. The highest BCUT2D eigenvalue weighted by Gasteiger charge is 2.16. The van der Waals surface area contributed by atoms with Gasteiger partial charge >= 0.3 is 0 Å². The Morgan fingerprint density at radius 3 is 1.43 bits per heavy atom. The van der Waals surface area contributed by atoms with Crippen LogP contribution in [0.2, 0.25) is 0 Å². The van der Waals surface area contributed by atoms with Crippen LogP contribution >= 0.6 is 22.7 Å². The molecule has 2 heterocycles.